The van der Waals surface area contributed by atoms with Crippen molar-refractivity contribution < 1.29 is 13.5 Å². The molecule has 19 heavy (non-hydrogen) atoms. The molecule has 2 rings (SSSR count). The summed E-state index contributed by atoms with van der Waals surface area (Å²) >= 11 is 0. The van der Waals surface area contributed by atoms with E-state index in [-0.39, 0.29) is 11.6 Å². The second-order valence-electron chi connectivity index (χ2n) is 3.81. The molecule has 0 saturated heterocycles. The number of benzene rings is 1. The number of rotatable bonds is 5. The fraction of sp³-hybridized carbons (Fsp3) is 0.231. The van der Waals surface area contributed by atoms with Crippen LogP contribution in [0.5, 0.6) is 11.6 Å². The lowest BCUT2D eigenvalue weighted by Gasteiger charge is -2.06. The van der Waals surface area contributed by atoms with Gasteiger partial charge >= 0.3 is 0 Å². The van der Waals surface area contributed by atoms with Crippen molar-refractivity contribution in [2.24, 2.45) is 0 Å². The lowest BCUT2D eigenvalue weighted by atomic mass is 10.3. The van der Waals surface area contributed by atoms with E-state index in [0.717, 1.165) is 18.7 Å². The fourth-order valence-electron chi connectivity index (χ4n) is 1.43. The van der Waals surface area contributed by atoms with Gasteiger partial charge in [0.05, 0.1) is 11.9 Å². The Morgan fingerprint density at radius 1 is 1.21 bits per heavy atom. The Labute approximate surface area is 109 Å². The van der Waals surface area contributed by atoms with Crippen molar-refractivity contribution in [2.75, 3.05) is 6.54 Å². The molecule has 0 atom stereocenters. The van der Waals surface area contributed by atoms with Gasteiger partial charge in [0.1, 0.15) is 5.75 Å². The minimum Gasteiger partial charge on any atom is -0.437 e. The highest BCUT2D eigenvalue weighted by atomic mass is 19.2. The number of nitrogens with zero attached hydrogens (tertiary/aromatic N) is 2. The van der Waals surface area contributed by atoms with Crippen LogP contribution in [0, 0.1) is 11.6 Å². The van der Waals surface area contributed by atoms with Crippen LogP contribution in [0.4, 0.5) is 8.78 Å². The Kier molecular flexibility index (Phi) is 4.35. The second-order valence-corrected chi connectivity index (χ2v) is 3.81. The highest BCUT2D eigenvalue weighted by Gasteiger charge is 2.06. The Morgan fingerprint density at radius 3 is 2.79 bits per heavy atom. The van der Waals surface area contributed by atoms with Crippen LogP contribution in [-0.4, -0.2) is 16.5 Å². The molecule has 0 spiro atoms. The first-order valence-corrected chi connectivity index (χ1v) is 5.83. The molecule has 0 aliphatic rings. The van der Waals surface area contributed by atoms with E-state index in [1.54, 1.807) is 6.20 Å². The molecular weight excluding hydrogens is 252 g/mol. The standard InChI is InChI=1S/C13H13F2N3O/c1-2-16-6-9-7-17-8-13(18-9)19-10-3-4-11(14)12(15)5-10/h3-5,7-8,16H,2,6H2,1H3. The molecule has 100 valence electrons. The Bertz CT molecular complexity index is 563. The van der Waals surface area contributed by atoms with E-state index in [4.69, 9.17) is 4.74 Å². The molecule has 0 saturated carbocycles. The van der Waals surface area contributed by atoms with Crippen LogP contribution in [0.1, 0.15) is 12.6 Å². The predicted octanol–water partition coefficient (Wildman–Crippen LogP) is 2.66. The van der Waals surface area contributed by atoms with Crippen molar-refractivity contribution in [1.29, 1.82) is 0 Å². The molecule has 1 N–H and O–H groups in total. The molecular formula is C13H13F2N3O. The molecule has 2 aromatic rings. The summed E-state index contributed by atoms with van der Waals surface area (Å²) in [5.74, 6) is -1.47. The van der Waals surface area contributed by atoms with Gasteiger partial charge in [0.2, 0.25) is 5.88 Å². The van der Waals surface area contributed by atoms with E-state index >= 15 is 0 Å². The topological polar surface area (TPSA) is 47.0 Å². The monoisotopic (exact) mass is 265 g/mol. The van der Waals surface area contributed by atoms with Crippen molar-refractivity contribution in [1.82, 2.24) is 15.3 Å². The fourth-order valence-corrected chi connectivity index (χ4v) is 1.43. The van der Waals surface area contributed by atoms with Crippen molar-refractivity contribution in [3.63, 3.8) is 0 Å². The van der Waals surface area contributed by atoms with Gasteiger partial charge in [-0.2, -0.15) is 0 Å². The summed E-state index contributed by atoms with van der Waals surface area (Å²) in [6, 6.07) is 3.30. The van der Waals surface area contributed by atoms with E-state index in [1.165, 1.54) is 12.3 Å². The van der Waals surface area contributed by atoms with Crippen LogP contribution in [0.2, 0.25) is 0 Å². The van der Waals surface area contributed by atoms with Gasteiger partial charge in [-0.15, -0.1) is 0 Å². The van der Waals surface area contributed by atoms with Crippen molar-refractivity contribution >= 4 is 0 Å². The summed E-state index contributed by atoms with van der Waals surface area (Å²) in [5, 5.41) is 3.10. The number of ether oxygens (including phenoxy) is 1. The molecule has 0 radical (unpaired) electrons. The second kappa shape index (κ2) is 6.19. The smallest absolute Gasteiger partial charge is 0.238 e. The molecule has 0 fully saturated rings. The molecule has 1 aromatic heterocycles. The number of nitrogens with one attached hydrogen (secondary N) is 1. The number of hydrogen-bond donors (Lipinski definition) is 1. The van der Waals surface area contributed by atoms with Crippen LogP contribution in [0.15, 0.2) is 30.6 Å². The Hall–Kier alpha value is -2.08. The van der Waals surface area contributed by atoms with E-state index in [9.17, 15) is 8.78 Å². The highest BCUT2D eigenvalue weighted by Crippen LogP contribution is 2.21. The third kappa shape index (κ3) is 3.69. The Morgan fingerprint density at radius 2 is 2.05 bits per heavy atom. The average Bonchev–Trinajstić information content (AvgIpc) is 2.41. The van der Waals surface area contributed by atoms with Crippen LogP contribution in [-0.2, 0) is 6.54 Å². The average molecular weight is 265 g/mol. The van der Waals surface area contributed by atoms with E-state index < -0.39 is 11.6 Å². The summed E-state index contributed by atoms with van der Waals surface area (Å²) < 4.78 is 31.1. The van der Waals surface area contributed by atoms with Crippen molar-refractivity contribution in [3.8, 4) is 11.6 Å². The number of hydrogen-bond acceptors (Lipinski definition) is 4. The summed E-state index contributed by atoms with van der Waals surface area (Å²) in [4.78, 5) is 8.17. The molecule has 0 amide bonds. The summed E-state index contributed by atoms with van der Waals surface area (Å²) in [6.45, 7) is 3.36. The molecule has 4 nitrogen and oxygen atoms in total. The summed E-state index contributed by atoms with van der Waals surface area (Å²) in [6.07, 6.45) is 3.03. The highest BCUT2D eigenvalue weighted by molar-refractivity contribution is 5.27. The van der Waals surface area contributed by atoms with Gasteiger partial charge in [-0.25, -0.2) is 13.8 Å². The van der Waals surface area contributed by atoms with Crippen LogP contribution < -0.4 is 10.1 Å². The van der Waals surface area contributed by atoms with Gasteiger partial charge in [0, 0.05) is 18.8 Å². The maximum atomic E-state index is 13.0. The first kappa shape index (κ1) is 13.4. The third-order valence-electron chi connectivity index (χ3n) is 2.33. The molecule has 0 bridgehead atoms. The normalized spacial score (nSPS) is 10.5. The van der Waals surface area contributed by atoms with Gasteiger partial charge in [-0.1, -0.05) is 6.92 Å². The summed E-state index contributed by atoms with van der Waals surface area (Å²) in [5.41, 5.74) is 0.710. The van der Waals surface area contributed by atoms with Gasteiger partial charge in [0.25, 0.3) is 0 Å². The molecule has 0 aliphatic carbocycles. The van der Waals surface area contributed by atoms with Gasteiger partial charge in [0.15, 0.2) is 11.6 Å². The lowest BCUT2D eigenvalue weighted by molar-refractivity contribution is 0.443. The minimum absolute atomic E-state index is 0.175. The number of aromatic nitrogens is 2. The molecule has 6 heteroatoms. The largest absolute Gasteiger partial charge is 0.437 e. The van der Waals surface area contributed by atoms with Crippen LogP contribution in [0.3, 0.4) is 0 Å². The summed E-state index contributed by atoms with van der Waals surface area (Å²) in [7, 11) is 0. The van der Waals surface area contributed by atoms with Crippen molar-refractivity contribution in [2.45, 2.75) is 13.5 Å². The van der Waals surface area contributed by atoms with Gasteiger partial charge in [-0.05, 0) is 18.7 Å². The number of halogens is 2. The molecule has 0 unspecified atom stereocenters. The first-order chi connectivity index (χ1) is 9.19. The van der Waals surface area contributed by atoms with E-state index in [1.807, 2.05) is 6.92 Å². The minimum atomic E-state index is -0.964. The van der Waals surface area contributed by atoms with Gasteiger partial charge < -0.3 is 10.1 Å². The molecule has 1 aromatic carbocycles. The van der Waals surface area contributed by atoms with E-state index in [0.29, 0.717) is 12.2 Å². The van der Waals surface area contributed by atoms with Crippen LogP contribution in [0.25, 0.3) is 0 Å². The van der Waals surface area contributed by atoms with Crippen LogP contribution >= 0.6 is 0 Å². The maximum Gasteiger partial charge on any atom is 0.238 e. The zero-order valence-electron chi connectivity index (χ0n) is 10.4. The van der Waals surface area contributed by atoms with Crippen molar-refractivity contribution in [3.05, 3.63) is 47.9 Å². The molecule has 1 heterocycles. The Balaban J connectivity index is 2.11. The maximum absolute atomic E-state index is 13.0. The van der Waals surface area contributed by atoms with E-state index in [2.05, 4.69) is 15.3 Å². The predicted molar refractivity (Wildman–Crippen MR) is 65.8 cm³/mol. The quantitative estimate of drug-likeness (QED) is 0.902. The zero-order chi connectivity index (χ0) is 13.7. The van der Waals surface area contributed by atoms with Gasteiger partial charge in [-0.3, -0.25) is 4.98 Å². The SMILES string of the molecule is CCNCc1cncc(Oc2ccc(F)c(F)c2)n1. The lowest BCUT2D eigenvalue weighted by Crippen LogP contribution is -2.13. The zero-order valence-corrected chi connectivity index (χ0v) is 10.4. The molecule has 0 aliphatic heterocycles. The first-order valence-electron chi connectivity index (χ1n) is 5.83. The third-order valence-corrected chi connectivity index (χ3v) is 2.33.